The number of benzene rings is 1. The topological polar surface area (TPSA) is 24.7 Å². The second kappa shape index (κ2) is 4.65. The standard InChI is InChI=1S/C8H4N2S2/c11-5-9-7-2-1-3-8(4-7)10-6-12/h1-4H. The average molecular weight is 192 g/mol. The molecule has 0 radical (unpaired) electrons. The lowest BCUT2D eigenvalue weighted by atomic mass is 10.3. The highest BCUT2D eigenvalue weighted by molar-refractivity contribution is 7.78. The SMILES string of the molecule is S=C=Nc1cccc(N=C=S)c1. The fourth-order valence-corrected chi connectivity index (χ4v) is 0.948. The molecule has 0 aliphatic rings. The molecule has 0 fully saturated rings. The van der Waals surface area contributed by atoms with Crippen molar-refractivity contribution in [1.82, 2.24) is 0 Å². The molecule has 1 aromatic rings. The van der Waals surface area contributed by atoms with Gasteiger partial charge in [-0.25, -0.2) is 0 Å². The van der Waals surface area contributed by atoms with Crippen LogP contribution in [-0.2, 0) is 0 Å². The van der Waals surface area contributed by atoms with Crippen LogP contribution >= 0.6 is 24.4 Å². The summed E-state index contributed by atoms with van der Waals surface area (Å²) < 4.78 is 0. The Balaban J connectivity index is 3.11. The smallest absolute Gasteiger partial charge is 0.0761 e. The molecule has 12 heavy (non-hydrogen) atoms. The summed E-state index contributed by atoms with van der Waals surface area (Å²) in [4.78, 5) is 7.59. The molecular weight excluding hydrogens is 188 g/mol. The number of isothiocyanates is 2. The molecule has 1 aromatic carbocycles. The Morgan fingerprint density at radius 1 is 1.00 bits per heavy atom. The van der Waals surface area contributed by atoms with Crippen molar-refractivity contribution in [1.29, 1.82) is 0 Å². The van der Waals surface area contributed by atoms with E-state index in [-0.39, 0.29) is 0 Å². The van der Waals surface area contributed by atoms with Crippen LogP contribution in [0.5, 0.6) is 0 Å². The summed E-state index contributed by atoms with van der Waals surface area (Å²) in [6.07, 6.45) is 0. The zero-order valence-electron chi connectivity index (χ0n) is 6.02. The summed E-state index contributed by atoms with van der Waals surface area (Å²) in [5.41, 5.74) is 1.44. The maximum atomic E-state index is 4.46. The number of hydrogen-bond acceptors (Lipinski definition) is 4. The summed E-state index contributed by atoms with van der Waals surface area (Å²) in [6, 6.07) is 7.18. The minimum Gasteiger partial charge on any atom is -0.195 e. The second-order valence-electron chi connectivity index (χ2n) is 1.93. The van der Waals surface area contributed by atoms with E-state index in [0.717, 1.165) is 11.4 Å². The Morgan fingerprint density at radius 3 is 1.92 bits per heavy atom. The number of hydrogen-bond donors (Lipinski definition) is 0. The molecule has 58 valence electrons. The Morgan fingerprint density at radius 2 is 1.50 bits per heavy atom. The number of aliphatic imine (C=N–C) groups is 2. The van der Waals surface area contributed by atoms with Gasteiger partial charge in [0.15, 0.2) is 0 Å². The molecule has 0 spiro atoms. The van der Waals surface area contributed by atoms with Crippen LogP contribution < -0.4 is 0 Å². The van der Waals surface area contributed by atoms with Gasteiger partial charge in [0.05, 0.1) is 21.7 Å². The minimum atomic E-state index is 0.719. The van der Waals surface area contributed by atoms with Crippen molar-refractivity contribution in [3.63, 3.8) is 0 Å². The molecule has 0 N–H and O–H groups in total. The van der Waals surface area contributed by atoms with E-state index < -0.39 is 0 Å². The average Bonchev–Trinajstić information content (AvgIpc) is 2.06. The second-order valence-corrected chi connectivity index (χ2v) is 2.29. The van der Waals surface area contributed by atoms with Crippen LogP contribution in [0.3, 0.4) is 0 Å². The summed E-state index contributed by atoms with van der Waals surface area (Å²) >= 11 is 8.92. The molecule has 4 heteroatoms. The molecule has 0 aliphatic heterocycles. The van der Waals surface area contributed by atoms with E-state index in [0.29, 0.717) is 0 Å². The van der Waals surface area contributed by atoms with E-state index in [1.807, 2.05) is 18.2 Å². The third-order valence-corrected chi connectivity index (χ3v) is 1.36. The fraction of sp³-hybridized carbons (Fsp3) is 0. The number of nitrogens with zero attached hydrogens (tertiary/aromatic N) is 2. The van der Waals surface area contributed by atoms with Gasteiger partial charge in [-0.05, 0) is 42.6 Å². The van der Waals surface area contributed by atoms with Crippen LogP contribution in [0.15, 0.2) is 34.3 Å². The molecule has 0 saturated carbocycles. The van der Waals surface area contributed by atoms with Gasteiger partial charge >= 0.3 is 0 Å². The maximum absolute atomic E-state index is 4.46. The summed E-state index contributed by atoms with van der Waals surface area (Å²) in [6.45, 7) is 0. The van der Waals surface area contributed by atoms with E-state index >= 15 is 0 Å². The lowest BCUT2D eigenvalue weighted by Crippen LogP contribution is -1.64. The predicted molar refractivity (Wildman–Crippen MR) is 55.8 cm³/mol. The quantitative estimate of drug-likeness (QED) is 0.531. The van der Waals surface area contributed by atoms with E-state index in [1.165, 1.54) is 0 Å². The van der Waals surface area contributed by atoms with Gasteiger partial charge < -0.3 is 0 Å². The first-order valence-electron chi connectivity index (χ1n) is 3.12. The zero-order valence-corrected chi connectivity index (χ0v) is 7.65. The van der Waals surface area contributed by atoms with Crippen molar-refractivity contribution in [3.05, 3.63) is 24.3 Å². The molecule has 0 aromatic heterocycles. The molecule has 0 bridgehead atoms. The third kappa shape index (κ3) is 2.46. The first-order chi connectivity index (χ1) is 5.86. The van der Waals surface area contributed by atoms with Crippen molar-refractivity contribution >= 4 is 46.1 Å². The van der Waals surface area contributed by atoms with E-state index in [1.54, 1.807) is 6.07 Å². The van der Waals surface area contributed by atoms with Gasteiger partial charge in [0.1, 0.15) is 0 Å². The lowest BCUT2D eigenvalue weighted by Gasteiger charge is -1.91. The maximum Gasteiger partial charge on any atom is 0.0761 e. The number of thiocarbonyl (C=S) groups is 2. The molecule has 0 heterocycles. The van der Waals surface area contributed by atoms with Crippen molar-refractivity contribution in [2.75, 3.05) is 0 Å². The van der Waals surface area contributed by atoms with Crippen LogP contribution in [0.25, 0.3) is 0 Å². The van der Waals surface area contributed by atoms with E-state index in [9.17, 15) is 0 Å². The summed E-state index contributed by atoms with van der Waals surface area (Å²) in [7, 11) is 0. The predicted octanol–water partition coefficient (Wildman–Crippen LogP) is 3.16. The summed E-state index contributed by atoms with van der Waals surface area (Å²) in [5.74, 6) is 0. The molecule has 2 nitrogen and oxygen atoms in total. The molecule has 0 amide bonds. The Hall–Kier alpha value is -1.18. The van der Waals surface area contributed by atoms with Crippen molar-refractivity contribution in [2.24, 2.45) is 9.98 Å². The Labute approximate surface area is 80.7 Å². The highest BCUT2D eigenvalue weighted by atomic mass is 32.1. The van der Waals surface area contributed by atoms with Crippen LogP contribution in [0, 0.1) is 0 Å². The zero-order chi connectivity index (χ0) is 8.81. The van der Waals surface area contributed by atoms with Gasteiger partial charge in [0, 0.05) is 0 Å². The Bertz CT molecular complexity index is 341. The molecule has 1 rings (SSSR count). The molecule has 0 unspecified atom stereocenters. The third-order valence-electron chi connectivity index (χ3n) is 1.18. The van der Waals surface area contributed by atoms with Crippen molar-refractivity contribution < 1.29 is 0 Å². The minimum absolute atomic E-state index is 0.719. The highest BCUT2D eigenvalue weighted by Gasteiger charge is 1.89. The van der Waals surface area contributed by atoms with Crippen LogP contribution in [0.1, 0.15) is 0 Å². The molecule has 0 aliphatic carbocycles. The molecule has 0 atom stereocenters. The van der Waals surface area contributed by atoms with Crippen LogP contribution in [0.2, 0.25) is 0 Å². The highest BCUT2D eigenvalue weighted by Crippen LogP contribution is 2.18. The van der Waals surface area contributed by atoms with Gasteiger partial charge in [-0.1, -0.05) is 6.07 Å². The normalized spacial score (nSPS) is 8.00. The van der Waals surface area contributed by atoms with Crippen molar-refractivity contribution in [2.45, 2.75) is 0 Å². The van der Waals surface area contributed by atoms with Gasteiger partial charge in [-0.15, -0.1) is 0 Å². The molecule has 0 saturated heterocycles. The Kier molecular flexibility index (Phi) is 3.45. The van der Waals surface area contributed by atoms with Crippen LogP contribution in [0.4, 0.5) is 11.4 Å². The summed E-state index contributed by atoms with van der Waals surface area (Å²) in [5, 5.41) is 4.55. The fourth-order valence-electron chi connectivity index (χ4n) is 0.738. The number of rotatable bonds is 2. The first-order valence-corrected chi connectivity index (χ1v) is 3.94. The van der Waals surface area contributed by atoms with Crippen molar-refractivity contribution in [3.8, 4) is 0 Å². The molecular formula is C8H4N2S2. The van der Waals surface area contributed by atoms with E-state index in [4.69, 9.17) is 0 Å². The largest absolute Gasteiger partial charge is 0.195 e. The van der Waals surface area contributed by atoms with Gasteiger partial charge in [0.25, 0.3) is 0 Å². The van der Waals surface area contributed by atoms with E-state index in [2.05, 4.69) is 44.7 Å². The van der Waals surface area contributed by atoms with Gasteiger partial charge in [-0.2, -0.15) is 9.98 Å². The monoisotopic (exact) mass is 192 g/mol. The van der Waals surface area contributed by atoms with Gasteiger partial charge in [0.2, 0.25) is 0 Å². The van der Waals surface area contributed by atoms with Gasteiger partial charge in [-0.3, -0.25) is 0 Å². The first kappa shape index (κ1) is 8.91. The van der Waals surface area contributed by atoms with Crippen LogP contribution in [-0.4, -0.2) is 10.3 Å². The lowest BCUT2D eigenvalue weighted by molar-refractivity contribution is 1.50.